The number of carbonyl (C=O) groups excluding carboxylic acids is 3. The minimum absolute atomic E-state index is 0.00582. The second-order valence-electron chi connectivity index (χ2n) is 9.02. The van der Waals surface area contributed by atoms with Crippen LogP contribution >= 0.6 is 0 Å². The number of ether oxygens (including phenoxy) is 1. The van der Waals surface area contributed by atoms with Gasteiger partial charge in [0.1, 0.15) is 12.1 Å². The molecule has 1 saturated heterocycles. The Hall–Kier alpha value is -1.92. The van der Waals surface area contributed by atoms with Crippen molar-refractivity contribution >= 4 is 28.0 Å². The number of rotatable bonds is 10. The molecule has 184 valence electrons. The van der Waals surface area contributed by atoms with Gasteiger partial charge in [0.05, 0.1) is 6.04 Å². The molecule has 1 saturated carbocycles. The molecule has 2 fully saturated rings. The zero-order valence-corrected chi connectivity index (χ0v) is 19.4. The Bertz CT molecular complexity index is 767. The molecule has 11 nitrogen and oxygen atoms in total. The molecule has 1 aliphatic heterocycles. The highest BCUT2D eigenvalue weighted by Crippen LogP contribution is 2.21. The molecular weight excluding hydrogens is 442 g/mol. The first-order valence-electron chi connectivity index (χ1n) is 11.2. The minimum atomic E-state index is -4.90. The van der Waals surface area contributed by atoms with Gasteiger partial charge >= 0.3 is 6.09 Å². The van der Waals surface area contributed by atoms with Gasteiger partial charge in [0, 0.05) is 12.5 Å². The number of amides is 3. The molecule has 0 aromatic heterocycles. The lowest BCUT2D eigenvalue weighted by molar-refractivity contribution is -0.126. The topological polar surface area (TPSA) is 171 Å². The number of aliphatic hydroxyl groups excluding tert-OH is 1. The van der Waals surface area contributed by atoms with Gasteiger partial charge < -0.3 is 25.8 Å². The quantitative estimate of drug-likeness (QED) is 0.286. The van der Waals surface area contributed by atoms with Crippen molar-refractivity contribution in [3.05, 3.63) is 0 Å². The fraction of sp³-hybridized carbons (Fsp3) is 0.850. The van der Waals surface area contributed by atoms with E-state index in [-0.39, 0.29) is 30.8 Å². The van der Waals surface area contributed by atoms with Gasteiger partial charge in [0.25, 0.3) is 10.1 Å². The first-order valence-corrected chi connectivity index (χ1v) is 12.7. The molecule has 2 aliphatic rings. The Balaban J connectivity index is 2.08. The zero-order valence-electron chi connectivity index (χ0n) is 18.6. The van der Waals surface area contributed by atoms with Gasteiger partial charge in [0.2, 0.25) is 17.3 Å². The average molecular weight is 478 g/mol. The van der Waals surface area contributed by atoms with E-state index >= 15 is 0 Å². The van der Waals surface area contributed by atoms with E-state index in [1.54, 1.807) is 0 Å². The fourth-order valence-electron chi connectivity index (χ4n) is 4.13. The number of hydrogen-bond donors (Lipinski definition) is 5. The van der Waals surface area contributed by atoms with Crippen molar-refractivity contribution in [2.45, 2.75) is 88.8 Å². The lowest BCUT2D eigenvalue weighted by Crippen LogP contribution is -2.55. The number of aliphatic hydroxyl groups is 1. The largest absolute Gasteiger partial charge is 0.446 e. The van der Waals surface area contributed by atoms with Crippen LogP contribution in [-0.2, 0) is 24.4 Å². The van der Waals surface area contributed by atoms with Gasteiger partial charge in [-0.1, -0.05) is 20.3 Å². The van der Waals surface area contributed by atoms with Crippen molar-refractivity contribution in [3.8, 4) is 0 Å². The van der Waals surface area contributed by atoms with Crippen molar-refractivity contribution in [2.75, 3.05) is 6.54 Å². The van der Waals surface area contributed by atoms with Crippen LogP contribution in [0.15, 0.2) is 0 Å². The van der Waals surface area contributed by atoms with E-state index in [0.29, 0.717) is 13.0 Å². The van der Waals surface area contributed by atoms with Gasteiger partial charge in [-0.25, -0.2) is 4.79 Å². The maximum Gasteiger partial charge on any atom is 0.408 e. The van der Waals surface area contributed by atoms with Crippen LogP contribution in [0.4, 0.5) is 4.79 Å². The molecule has 5 N–H and O–H groups in total. The summed E-state index contributed by atoms with van der Waals surface area (Å²) in [6.07, 6.45) is 4.09. The van der Waals surface area contributed by atoms with Crippen molar-refractivity contribution in [2.24, 2.45) is 11.8 Å². The second kappa shape index (κ2) is 11.8. The van der Waals surface area contributed by atoms with Crippen molar-refractivity contribution in [1.29, 1.82) is 0 Å². The summed E-state index contributed by atoms with van der Waals surface area (Å²) in [6.45, 7) is 4.10. The van der Waals surface area contributed by atoms with Crippen LogP contribution in [0.2, 0.25) is 0 Å². The first kappa shape index (κ1) is 26.3. The fourth-order valence-corrected chi connectivity index (χ4v) is 4.72. The first-order chi connectivity index (χ1) is 15.0. The Morgan fingerprint density at radius 2 is 1.81 bits per heavy atom. The molecule has 12 heteroatoms. The van der Waals surface area contributed by atoms with E-state index in [9.17, 15) is 32.5 Å². The Morgan fingerprint density at radius 3 is 2.34 bits per heavy atom. The number of carbonyl (C=O) groups is 3. The summed E-state index contributed by atoms with van der Waals surface area (Å²) in [6, 6.07) is -2.48. The summed E-state index contributed by atoms with van der Waals surface area (Å²) >= 11 is 0. The standard InChI is InChI=1S/C20H35N3O8S/c1-12(2)10-15(23-20(27)31-14-6-4-3-5-7-14)18(25)22-16(19(26)32(28,29)30)11-13-8-9-21-17(13)24/h12-16,19,26H,3-11H2,1-2H3,(H,21,24)(H,22,25)(H,23,27)(H,28,29,30)/t13-,15+,16+,19?/m1/s1. The maximum atomic E-state index is 12.9. The summed E-state index contributed by atoms with van der Waals surface area (Å²) in [7, 11) is -4.90. The van der Waals surface area contributed by atoms with E-state index in [1.807, 2.05) is 13.8 Å². The smallest absolute Gasteiger partial charge is 0.408 e. The molecule has 4 atom stereocenters. The van der Waals surface area contributed by atoms with Crippen LogP contribution in [0.3, 0.4) is 0 Å². The summed E-state index contributed by atoms with van der Waals surface area (Å²) in [4.78, 5) is 37.2. The molecule has 1 heterocycles. The van der Waals surface area contributed by atoms with Crippen molar-refractivity contribution in [1.82, 2.24) is 16.0 Å². The SMILES string of the molecule is CC(C)C[C@H](NC(=O)OC1CCCCC1)C(=O)N[C@@H](C[C@H]1CCNC1=O)C(O)S(=O)(=O)O. The van der Waals surface area contributed by atoms with E-state index in [0.717, 1.165) is 32.1 Å². The number of alkyl carbamates (subject to hydrolysis) is 1. The normalized spacial score (nSPS) is 22.7. The van der Waals surface area contributed by atoms with E-state index < -0.39 is 45.6 Å². The highest BCUT2D eigenvalue weighted by Gasteiger charge is 2.38. The van der Waals surface area contributed by atoms with Gasteiger partial charge in [-0.2, -0.15) is 8.42 Å². The maximum absolute atomic E-state index is 12.9. The summed E-state index contributed by atoms with van der Waals surface area (Å²) in [5, 5.41) is 17.6. The molecule has 1 unspecified atom stereocenters. The van der Waals surface area contributed by atoms with Crippen LogP contribution in [0.1, 0.15) is 65.2 Å². The van der Waals surface area contributed by atoms with Gasteiger partial charge in [0.15, 0.2) is 0 Å². The molecule has 32 heavy (non-hydrogen) atoms. The van der Waals surface area contributed by atoms with Crippen LogP contribution in [0.25, 0.3) is 0 Å². The predicted molar refractivity (Wildman–Crippen MR) is 115 cm³/mol. The summed E-state index contributed by atoms with van der Waals surface area (Å²) in [5.74, 6) is -1.67. The van der Waals surface area contributed by atoms with Gasteiger partial charge in [-0.15, -0.1) is 0 Å². The van der Waals surface area contributed by atoms with E-state index in [2.05, 4.69) is 16.0 Å². The molecule has 0 aromatic carbocycles. The molecule has 0 radical (unpaired) electrons. The second-order valence-corrected chi connectivity index (χ2v) is 10.5. The predicted octanol–water partition coefficient (Wildman–Crippen LogP) is 0.677. The third kappa shape index (κ3) is 8.21. The third-order valence-corrected chi connectivity index (χ3v) is 6.76. The monoisotopic (exact) mass is 477 g/mol. The molecule has 1 aliphatic carbocycles. The van der Waals surface area contributed by atoms with Crippen LogP contribution in [-0.4, -0.2) is 66.2 Å². The average Bonchev–Trinajstić information content (AvgIpc) is 3.10. The number of nitrogens with one attached hydrogen (secondary N) is 3. The highest BCUT2D eigenvalue weighted by molar-refractivity contribution is 7.86. The molecule has 0 spiro atoms. The van der Waals surface area contributed by atoms with Crippen LogP contribution in [0.5, 0.6) is 0 Å². The van der Waals surface area contributed by atoms with Crippen molar-refractivity contribution in [3.63, 3.8) is 0 Å². The molecular formula is C20H35N3O8S. The third-order valence-electron chi connectivity index (χ3n) is 5.82. The molecule has 0 aromatic rings. The lowest BCUT2D eigenvalue weighted by atomic mass is 9.97. The Morgan fingerprint density at radius 1 is 1.16 bits per heavy atom. The van der Waals surface area contributed by atoms with Crippen molar-refractivity contribution < 1.29 is 37.2 Å². The summed E-state index contributed by atoms with van der Waals surface area (Å²) in [5.41, 5.74) is -2.31. The number of hydrogen-bond acceptors (Lipinski definition) is 7. The van der Waals surface area contributed by atoms with E-state index in [4.69, 9.17) is 4.74 Å². The van der Waals surface area contributed by atoms with Crippen LogP contribution < -0.4 is 16.0 Å². The van der Waals surface area contributed by atoms with E-state index in [1.165, 1.54) is 0 Å². The Labute approximate surface area is 188 Å². The van der Waals surface area contributed by atoms with Crippen LogP contribution in [0, 0.1) is 11.8 Å². The lowest BCUT2D eigenvalue weighted by Gasteiger charge is -2.28. The van der Waals surface area contributed by atoms with Gasteiger partial charge in [-0.05, 0) is 50.9 Å². The Kier molecular flexibility index (Phi) is 9.71. The molecule has 3 amide bonds. The zero-order chi connectivity index (χ0) is 23.9. The molecule has 0 bridgehead atoms. The minimum Gasteiger partial charge on any atom is -0.446 e. The molecule has 2 rings (SSSR count). The van der Waals surface area contributed by atoms with Gasteiger partial charge in [-0.3, -0.25) is 14.1 Å². The highest BCUT2D eigenvalue weighted by atomic mass is 32.2. The summed E-state index contributed by atoms with van der Waals surface area (Å²) < 4.78 is 37.8.